The van der Waals surface area contributed by atoms with E-state index >= 15 is 0 Å². The molecule has 3 rings (SSSR count). The Kier molecular flexibility index (Phi) is 5.59. The molecule has 0 spiro atoms. The van der Waals surface area contributed by atoms with Crippen LogP contribution in [0.1, 0.15) is 32.9 Å². The Morgan fingerprint density at radius 3 is 2.45 bits per heavy atom. The lowest BCUT2D eigenvalue weighted by Crippen LogP contribution is -2.13. The van der Waals surface area contributed by atoms with Gasteiger partial charge in [0, 0.05) is 24.7 Å². The Morgan fingerprint density at radius 2 is 1.86 bits per heavy atom. The van der Waals surface area contributed by atoms with Crippen molar-refractivity contribution in [1.82, 2.24) is 4.57 Å². The molecule has 0 bridgehead atoms. The van der Waals surface area contributed by atoms with Crippen molar-refractivity contribution in [2.24, 2.45) is 12.2 Å². The van der Waals surface area contributed by atoms with Gasteiger partial charge in [-0.15, -0.1) is 0 Å². The van der Waals surface area contributed by atoms with E-state index in [2.05, 4.69) is 0 Å². The summed E-state index contributed by atoms with van der Waals surface area (Å²) in [5.74, 6) is -0.148. The molecule has 0 amide bonds. The summed E-state index contributed by atoms with van der Waals surface area (Å²) in [5.41, 5.74) is 2.83. The molecule has 0 fully saturated rings. The van der Waals surface area contributed by atoms with Crippen LogP contribution in [0.5, 0.6) is 5.75 Å². The minimum Gasteiger partial charge on any atom is -0.497 e. The third kappa shape index (κ3) is 4.23. The van der Waals surface area contributed by atoms with Crippen molar-refractivity contribution in [3.8, 4) is 5.75 Å². The molecule has 6 nitrogen and oxygen atoms in total. The van der Waals surface area contributed by atoms with Crippen molar-refractivity contribution in [3.63, 3.8) is 0 Å². The first-order chi connectivity index (χ1) is 13.6. The van der Waals surface area contributed by atoms with E-state index in [1.54, 1.807) is 49.1 Å². The van der Waals surface area contributed by atoms with E-state index in [-0.39, 0.29) is 17.1 Å². The van der Waals surface area contributed by atoms with E-state index in [0.717, 1.165) is 11.6 Å². The topological polar surface area (TPSA) is 91.4 Å². The summed E-state index contributed by atoms with van der Waals surface area (Å²) in [4.78, 5) is 12.7. The SMILES string of the molecule is COc1ccc(C(=O)c2ccc(Cc3ccc(S(N)(=O)=O)cc3F)n2C)c(C)c1. The molecule has 0 atom stereocenters. The molecule has 1 heterocycles. The lowest BCUT2D eigenvalue weighted by atomic mass is 10.0. The minimum absolute atomic E-state index is 0.149. The fraction of sp³-hybridized carbons (Fsp3) is 0.190. The quantitative estimate of drug-likeness (QED) is 0.626. The van der Waals surface area contributed by atoms with Crippen LogP contribution in [0.4, 0.5) is 4.39 Å². The number of halogens is 1. The molecule has 0 aliphatic rings. The number of nitrogens with zero attached hydrogens (tertiary/aromatic N) is 1. The molecule has 3 aromatic rings. The highest BCUT2D eigenvalue weighted by Crippen LogP contribution is 2.23. The number of primary sulfonamides is 1. The summed E-state index contributed by atoms with van der Waals surface area (Å²) in [7, 11) is -0.671. The molecule has 0 saturated heterocycles. The number of carbonyl (C=O) groups is 1. The van der Waals surface area contributed by atoms with Gasteiger partial charge >= 0.3 is 0 Å². The van der Waals surface area contributed by atoms with Crippen LogP contribution < -0.4 is 9.88 Å². The van der Waals surface area contributed by atoms with Crippen LogP contribution in [0.3, 0.4) is 0 Å². The Morgan fingerprint density at radius 1 is 1.14 bits per heavy atom. The largest absolute Gasteiger partial charge is 0.497 e. The number of rotatable bonds is 6. The van der Waals surface area contributed by atoms with Gasteiger partial charge < -0.3 is 9.30 Å². The van der Waals surface area contributed by atoms with Gasteiger partial charge in [0.2, 0.25) is 15.8 Å². The highest BCUT2D eigenvalue weighted by Gasteiger charge is 2.18. The first-order valence-electron chi connectivity index (χ1n) is 8.77. The molecule has 0 aliphatic heterocycles. The molecule has 0 aliphatic carbocycles. The molecule has 0 unspecified atom stereocenters. The van der Waals surface area contributed by atoms with Gasteiger partial charge in [0.05, 0.1) is 17.7 Å². The Bertz CT molecular complexity index is 1200. The van der Waals surface area contributed by atoms with E-state index in [4.69, 9.17) is 9.88 Å². The number of methoxy groups -OCH3 is 1. The predicted octanol–water partition coefficient (Wildman–Crippen LogP) is 2.95. The van der Waals surface area contributed by atoms with Gasteiger partial charge in [-0.1, -0.05) is 6.07 Å². The van der Waals surface area contributed by atoms with E-state index in [1.165, 1.54) is 12.1 Å². The Labute approximate surface area is 168 Å². The predicted molar refractivity (Wildman–Crippen MR) is 107 cm³/mol. The zero-order chi connectivity index (χ0) is 21.3. The lowest BCUT2D eigenvalue weighted by Gasteiger charge is -2.11. The number of hydrogen-bond donors (Lipinski definition) is 1. The van der Waals surface area contributed by atoms with Crippen molar-refractivity contribution in [2.45, 2.75) is 18.2 Å². The second-order valence-electron chi connectivity index (χ2n) is 6.75. The van der Waals surface area contributed by atoms with E-state index in [9.17, 15) is 17.6 Å². The number of ether oxygens (including phenoxy) is 1. The second kappa shape index (κ2) is 7.81. The van der Waals surface area contributed by atoms with E-state index in [1.807, 2.05) is 6.92 Å². The normalized spacial score (nSPS) is 11.5. The smallest absolute Gasteiger partial charge is 0.238 e. The van der Waals surface area contributed by atoms with Crippen LogP contribution in [0.15, 0.2) is 53.4 Å². The maximum absolute atomic E-state index is 14.3. The molecule has 29 heavy (non-hydrogen) atoms. The van der Waals surface area contributed by atoms with Crippen LogP contribution in [0.25, 0.3) is 0 Å². The number of sulfonamides is 1. The summed E-state index contributed by atoms with van der Waals surface area (Å²) in [6, 6.07) is 12.2. The zero-order valence-corrected chi connectivity index (χ0v) is 17.1. The lowest BCUT2D eigenvalue weighted by molar-refractivity contribution is 0.103. The van der Waals surface area contributed by atoms with Gasteiger partial charge in [-0.25, -0.2) is 17.9 Å². The summed E-state index contributed by atoms with van der Waals surface area (Å²) < 4.78 is 43.9. The van der Waals surface area contributed by atoms with Crippen molar-refractivity contribution in [3.05, 3.63) is 82.4 Å². The molecule has 1 aromatic heterocycles. The number of nitrogens with two attached hydrogens (primary N) is 1. The van der Waals surface area contributed by atoms with Crippen LogP contribution >= 0.6 is 0 Å². The number of carbonyl (C=O) groups excluding carboxylic acids is 1. The summed E-state index contributed by atoms with van der Waals surface area (Å²) >= 11 is 0. The molecular weight excluding hydrogens is 395 g/mol. The van der Waals surface area contributed by atoms with E-state index in [0.29, 0.717) is 28.3 Å². The molecular formula is C21H21FN2O4S. The minimum atomic E-state index is -3.97. The molecule has 2 aromatic carbocycles. The molecule has 152 valence electrons. The summed E-state index contributed by atoms with van der Waals surface area (Å²) in [6.45, 7) is 1.84. The van der Waals surface area contributed by atoms with Crippen molar-refractivity contribution in [1.29, 1.82) is 0 Å². The van der Waals surface area contributed by atoms with Crippen molar-refractivity contribution >= 4 is 15.8 Å². The van der Waals surface area contributed by atoms with Gasteiger partial charge in [0.15, 0.2) is 0 Å². The standard InChI is InChI=1S/C21H21FN2O4S/c1-13-10-16(28-3)6-8-18(13)21(25)20-9-5-15(24(20)2)11-14-4-7-17(12-19(14)22)29(23,26)27/h4-10,12H,11H2,1-3H3,(H2,23,26,27). The van der Waals surface area contributed by atoms with Crippen LogP contribution in [0.2, 0.25) is 0 Å². The first kappa shape index (κ1) is 20.8. The number of hydrogen-bond acceptors (Lipinski definition) is 4. The highest BCUT2D eigenvalue weighted by molar-refractivity contribution is 7.89. The number of aryl methyl sites for hydroxylation is 1. The van der Waals surface area contributed by atoms with Crippen LogP contribution in [-0.4, -0.2) is 25.9 Å². The maximum atomic E-state index is 14.3. The van der Waals surface area contributed by atoms with Gasteiger partial charge in [0.25, 0.3) is 0 Å². The van der Waals surface area contributed by atoms with Gasteiger partial charge in [-0.05, 0) is 60.5 Å². The summed E-state index contributed by atoms with van der Waals surface area (Å²) in [6.07, 6.45) is 0.197. The van der Waals surface area contributed by atoms with Crippen LogP contribution in [-0.2, 0) is 23.5 Å². The molecule has 0 radical (unpaired) electrons. The van der Waals surface area contributed by atoms with Crippen molar-refractivity contribution < 1.29 is 22.3 Å². The van der Waals surface area contributed by atoms with E-state index < -0.39 is 15.8 Å². The third-order valence-corrected chi connectivity index (χ3v) is 5.77. The number of benzene rings is 2. The third-order valence-electron chi connectivity index (χ3n) is 4.86. The Balaban J connectivity index is 1.89. The Hall–Kier alpha value is -2.97. The highest BCUT2D eigenvalue weighted by atomic mass is 32.2. The van der Waals surface area contributed by atoms with Crippen LogP contribution in [0, 0.1) is 12.7 Å². The number of ketones is 1. The average molecular weight is 416 g/mol. The average Bonchev–Trinajstić information content (AvgIpc) is 3.02. The van der Waals surface area contributed by atoms with Gasteiger partial charge in [-0.2, -0.15) is 0 Å². The molecule has 2 N–H and O–H groups in total. The maximum Gasteiger partial charge on any atom is 0.238 e. The molecule has 0 saturated carbocycles. The fourth-order valence-electron chi connectivity index (χ4n) is 3.16. The second-order valence-corrected chi connectivity index (χ2v) is 8.32. The van der Waals surface area contributed by atoms with Crippen molar-refractivity contribution in [2.75, 3.05) is 7.11 Å². The van der Waals surface area contributed by atoms with Gasteiger partial charge in [0.1, 0.15) is 11.6 Å². The monoisotopic (exact) mass is 416 g/mol. The first-order valence-corrected chi connectivity index (χ1v) is 10.3. The fourth-order valence-corrected chi connectivity index (χ4v) is 3.68. The summed E-state index contributed by atoms with van der Waals surface area (Å²) in [5, 5.41) is 5.03. The van der Waals surface area contributed by atoms with Gasteiger partial charge in [-0.3, -0.25) is 4.79 Å². The molecule has 8 heteroatoms. The zero-order valence-electron chi connectivity index (χ0n) is 16.3. The number of aromatic nitrogens is 1.